The van der Waals surface area contributed by atoms with E-state index in [-0.39, 0.29) is 18.0 Å². The van der Waals surface area contributed by atoms with Crippen LogP contribution in [-0.2, 0) is 21.4 Å². The number of sulfonamides is 1. The summed E-state index contributed by atoms with van der Waals surface area (Å²) in [4.78, 5) is 0.131. The molecule has 1 aromatic carbocycles. The Labute approximate surface area is 125 Å². The van der Waals surface area contributed by atoms with Gasteiger partial charge in [-0.1, -0.05) is 18.5 Å². The minimum Gasteiger partial charge on any atom is -0.392 e. The zero-order chi connectivity index (χ0) is 15.3. The van der Waals surface area contributed by atoms with Crippen LogP contribution >= 0.6 is 11.6 Å². The molecule has 20 heavy (non-hydrogen) atoms. The number of aliphatic hydroxyl groups excluding tert-OH is 1. The van der Waals surface area contributed by atoms with Gasteiger partial charge in [0.2, 0.25) is 10.0 Å². The maximum Gasteiger partial charge on any atom is 0.243 e. The van der Waals surface area contributed by atoms with E-state index < -0.39 is 10.0 Å². The number of methoxy groups -OCH3 is 1. The zero-order valence-electron chi connectivity index (χ0n) is 11.9. The summed E-state index contributed by atoms with van der Waals surface area (Å²) >= 11 is 5.94. The van der Waals surface area contributed by atoms with Crippen LogP contribution in [0.15, 0.2) is 17.0 Å². The third-order valence-corrected chi connectivity index (χ3v) is 5.44. The fourth-order valence-corrected chi connectivity index (χ4v) is 3.95. The number of nitrogens with zero attached hydrogens (tertiary/aromatic N) is 1. The van der Waals surface area contributed by atoms with Gasteiger partial charge in [-0.05, 0) is 30.2 Å². The Morgan fingerprint density at radius 1 is 1.40 bits per heavy atom. The Balaban J connectivity index is 3.30. The van der Waals surface area contributed by atoms with E-state index in [9.17, 15) is 13.5 Å². The molecule has 0 atom stereocenters. The van der Waals surface area contributed by atoms with Crippen molar-refractivity contribution in [2.75, 3.05) is 26.8 Å². The molecule has 0 aliphatic heterocycles. The first kappa shape index (κ1) is 17.4. The lowest BCUT2D eigenvalue weighted by Gasteiger charge is -2.22. The first-order valence-electron chi connectivity index (χ1n) is 6.27. The van der Waals surface area contributed by atoms with Crippen molar-refractivity contribution in [1.29, 1.82) is 0 Å². The van der Waals surface area contributed by atoms with Gasteiger partial charge in [-0.2, -0.15) is 4.31 Å². The van der Waals surface area contributed by atoms with Crippen molar-refractivity contribution in [3.8, 4) is 0 Å². The highest BCUT2D eigenvalue weighted by Gasteiger charge is 2.26. The molecule has 0 heterocycles. The first-order chi connectivity index (χ1) is 9.38. The summed E-state index contributed by atoms with van der Waals surface area (Å²) in [5.74, 6) is 0. The molecule has 0 unspecified atom stereocenters. The van der Waals surface area contributed by atoms with Crippen LogP contribution in [0.2, 0.25) is 5.02 Å². The minimum atomic E-state index is -3.65. The van der Waals surface area contributed by atoms with E-state index in [0.29, 0.717) is 29.3 Å². The maximum atomic E-state index is 12.6. The van der Waals surface area contributed by atoms with Crippen molar-refractivity contribution in [3.63, 3.8) is 0 Å². The van der Waals surface area contributed by atoms with E-state index >= 15 is 0 Å². The molecule has 0 radical (unpaired) electrons. The molecule has 0 amide bonds. The first-order valence-corrected chi connectivity index (χ1v) is 8.09. The number of rotatable bonds is 7. The topological polar surface area (TPSA) is 66.8 Å². The molecule has 5 nitrogen and oxygen atoms in total. The van der Waals surface area contributed by atoms with Crippen LogP contribution in [0, 0.1) is 6.92 Å². The summed E-state index contributed by atoms with van der Waals surface area (Å²) in [7, 11) is -2.13. The van der Waals surface area contributed by atoms with Crippen LogP contribution in [0.5, 0.6) is 0 Å². The quantitative estimate of drug-likeness (QED) is 0.831. The Morgan fingerprint density at radius 2 is 2.05 bits per heavy atom. The SMILES string of the molecule is CCN(CCOC)S(=O)(=O)c1cc(Cl)cc(CO)c1C. The number of aliphatic hydroxyl groups is 1. The summed E-state index contributed by atoms with van der Waals surface area (Å²) in [6, 6.07) is 2.99. The average Bonchev–Trinajstić information content (AvgIpc) is 2.41. The molecule has 0 fully saturated rings. The van der Waals surface area contributed by atoms with Crippen LogP contribution in [0.4, 0.5) is 0 Å². The molecule has 1 N–H and O–H groups in total. The molecule has 0 bridgehead atoms. The standard InChI is InChI=1S/C13H20ClNO4S/c1-4-15(5-6-19-3)20(17,18)13-8-12(14)7-11(9-16)10(13)2/h7-8,16H,4-6,9H2,1-3H3. The summed E-state index contributed by atoms with van der Waals surface area (Å²) < 4.78 is 31.5. The Bertz CT molecular complexity index is 560. The monoisotopic (exact) mass is 321 g/mol. The van der Waals surface area contributed by atoms with Gasteiger partial charge in [-0.25, -0.2) is 8.42 Å². The van der Waals surface area contributed by atoms with Gasteiger partial charge in [0.25, 0.3) is 0 Å². The van der Waals surface area contributed by atoms with E-state index in [1.165, 1.54) is 17.5 Å². The number of benzene rings is 1. The van der Waals surface area contributed by atoms with Crippen LogP contribution in [-0.4, -0.2) is 44.6 Å². The molecule has 114 valence electrons. The van der Waals surface area contributed by atoms with Crippen molar-refractivity contribution in [3.05, 3.63) is 28.3 Å². The number of ether oxygens (including phenoxy) is 1. The lowest BCUT2D eigenvalue weighted by molar-refractivity contribution is 0.180. The molecule has 0 saturated carbocycles. The molecule has 0 aliphatic carbocycles. The predicted octanol–water partition coefficient (Wildman–Crippen LogP) is 1.80. The van der Waals surface area contributed by atoms with Gasteiger partial charge >= 0.3 is 0 Å². The molecule has 1 rings (SSSR count). The minimum absolute atomic E-state index is 0.131. The number of hydrogen-bond acceptors (Lipinski definition) is 4. The normalized spacial score (nSPS) is 12.1. The summed E-state index contributed by atoms with van der Waals surface area (Å²) in [5, 5.41) is 9.58. The van der Waals surface area contributed by atoms with Crippen molar-refractivity contribution in [1.82, 2.24) is 4.31 Å². The second kappa shape index (κ2) is 7.38. The largest absolute Gasteiger partial charge is 0.392 e. The van der Waals surface area contributed by atoms with E-state index in [0.717, 1.165) is 0 Å². The molecule has 0 spiro atoms. The van der Waals surface area contributed by atoms with E-state index in [2.05, 4.69) is 0 Å². The lowest BCUT2D eigenvalue weighted by atomic mass is 10.1. The zero-order valence-corrected chi connectivity index (χ0v) is 13.5. The average molecular weight is 322 g/mol. The second-order valence-electron chi connectivity index (χ2n) is 4.34. The highest BCUT2D eigenvalue weighted by atomic mass is 35.5. The summed E-state index contributed by atoms with van der Waals surface area (Å²) in [5.41, 5.74) is 1.03. The number of hydrogen-bond donors (Lipinski definition) is 1. The van der Waals surface area contributed by atoms with Crippen LogP contribution < -0.4 is 0 Å². The van der Waals surface area contributed by atoms with Crippen molar-refractivity contribution < 1.29 is 18.3 Å². The molecule has 1 aromatic rings. The van der Waals surface area contributed by atoms with E-state index in [1.807, 2.05) is 0 Å². The van der Waals surface area contributed by atoms with Crippen molar-refractivity contribution >= 4 is 21.6 Å². The molecule has 0 aromatic heterocycles. The fraction of sp³-hybridized carbons (Fsp3) is 0.538. The van der Waals surface area contributed by atoms with E-state index in [4.69, 9.17) is 16.3 Å². The van der Waals surface area contributed by atoms with Gasteiger partial charge in [0.1, 0.15) is 0 Å². The summed E-state index contributed by atoms with van der Waals surface area (Å²) in [6.07, 6.45) is 0. The molecule has 0 aliphatic rings. The molecule has 0 saturated heterocycles. The molecule has 7 heteroatoms. The third kappa shape index (κ3) is 3.71. The Morgan fingerprint density at radius 3 is 2.55 bits per heavy atom. The van der Waals surface area contributed by atoms with Gasteiger partial charge in [0, 0.05) is 25.2 Å². The second-order valence-corrected chi connectivity index (χ2v) is 6.68. The van der Waals surface area contributed by atoms with Crippen LogP contribution in [0.1, 0.15) is 18.1 Å². The third-order valence-electron chi connectivity index (χ3n) is 3.12. The highest BCUT2D eigenvalue weighted by Crippen LogP contribution is 2.27. The van der Waals surface area contributed by atoms with Crippen LogP contribution in [0.25, 0.3) is 0 Å². The highest BCUT2D eigenvalue weighted by molar-refractivity contribution is 7.89. The van der Waals surface area contributed by atoms with Crippen molar-refractivity contribution in [2.24, 2.45) is 0 Å². The summed E-state index contributed by atoms with van der Waals surface area (Å²) in [6.45, 7) is 4.11. The van der Waals surface area contributed by atoms with Crippen LogP contribution in [0.3, 0.4) is 0 Å². The molecular formula is C13H20ClNO4S. The smallest absolute Gasteiger partial charge is 0.243 e. The Kier molecular flexibility index (Phi) is 6.42. The van der Waals surface area contributed by atoms with Gasteiger partial charge in [0.05, 0.1) is 18.1 Å². The van der Waals surface area contributed by atoms with Crippen molar-refractivity contribution in [2.45, 2.75) is 25.3 Å². The van der Waals surface area contributed by atoms with Gasteiger partial charge < -0.3 is 9.84 Å². The predicted molar refractivity (Wildman–Crippen MR) is 78.4 cm³/mol. The lowest BCUT2D eigenvalue weighted by Crippen LogP contribution is -2.34. The van der Waals surface area contributed by atoms with E-state index in [1.54, 1.807) is 19.9 Å². The molecular weight excluding hydrogens is 302 g/mol. The number of halogens is 1. The van der Waals surface area contributed by atoms with Gasteiger partial charge in [-0.3, -0.25) is 0 Å². The fourth-order valence-electron chi connectivity index (χ4n) is 1.92. The number of likely N-dealkylation sites (N-methyl/N-ethyl adjacent to an activating group) is 1. The van der Waals surface area contributed by atoms with Gasteiger partial charge in [-0.15, -0.1) is 0 Å². The maximum absolute atomic E-state index is 12.6. The van der Waals surface area contributed by atoms with Gasteiger partial charge in [0.15, 0.2) is 0 Å². The Hall–Kier alpha value is -0.660.